The van der Waals surface area contributed by atoms with E-state index in [0.29, 0.717) is 11.3 Å². The molecule has 1 heterocycles. The molecule has 0 saturated carbocycles. The Balaban J connectivity index is 1.66. The smallest absolute Gasteiger partial charge is 0.437 e. The number of benzene rings is 2. The maximum Gasteiger partial charge on any atom is 0.437 e. The fourth-order valence-corrected chi connectivity index (χ4v) is 2.43. The predicted octanol–water partition coefficient (Wildman–Crippen LogP) is 2.70. The Bertz CT molecular complexity index is 947. The third-order valence-electron chi connectivity index (χ3n) is 3.86. The van der Waals surface area contributed by atoms with Gasteiger partial charge in [0.1, 0.15) is 24.3 Å². The first-order valence-electron chi connectivity index (χ1n) is 8.14. The monoisotopic (exact) mass is 358 g/mol. The van der Waals surface area contributed by atoms with Crippen molar-refractivity contribution in [1.82, 2.24) is 9.78 Å². The summed E-state index contributed by atoms with van der Waals surface area (Å²) in [4.78, 5) is 11.9. The number of aryl methyl sites for hydroxylation is 2. The number of hydrogen-bond acceptors (Lipinski definition) is 5. The van der Waals surface area contributed by atoms with Crippen molar-refractivity contribution in [2.45, 2.75) is 26.5 Å². The van der Waals surface area contributed by atoms with Crippen LogP contribution in [-0.2, 0) is 6.54 Å². The zero-order chi connectivity index (χ0) is 18.7. The van der Waals surface area contributed by atoms with Crippen LogP contribution < -0.4 is 10.5 Å². The van der Waals surface area contributed by atoms with Gasteiger partial charge in [0, 0.05) is 5.56 Å². The van der Waals surface area contributed by atoms with Crippen molar-refractivity contribution >= 4 is 0 Å². The summed E-state index contributed by atoms with van der Waals surface area (Å²) in [6.07, 6.45) is -0.946. The summed E-state index contributed by atoms with van der Waals surface area (Å²) in [5.41, 5.74) is 2.49. The number of aliphatic hydroxyl groups is 1. The Morgan fingerprint density at radius 3 is 2.69 bits per heavy atom. The Kier molecular flexibility index (Phi) is 5.18. The number of rotatable bonds is 6. The molecule has 0 aliphatic rings. The van der Waals surface area contributed by atoms with Crippen LogP contribution in [0.2, 0.25) is 0 Å². The van der Waals surface area contributed by atoms with Crippen molar-refractivity contribution in [3.05, 3.63) is 70.0 Å². The molecule has 136 valence electrons. The van der Waals surface area contributed by atoms with E-state index in [9.17, 15) is 14.3 Å². The lowest BCUT2D eigenvalue weighted by Crippen LogP contribution is -2.29. The first kappa shape index (κ1) is 17.9. The average molecular weight is 358 g/mol. The minimum atomic E-state index is -0.946. The van der Waals surface area contributed by atoms with Crippen LogP contribution in [0.3, 0.4) is 0 Å². The van der Waals surface area contributed by atoms with E-state index in [4.69, 9.17) is 9.15 Å². The van der Waals surface area contributed by atoms with E-state index in [2.05, 4.69) is 5.10 Å². The van der Waals surface area contributed by atoms with E-state index in [1.54, 1.807) is 0 Å². The molecule has 0 aliphatic heterocycles. The van der Waals surface area contributed by atoms with E-state index >= 15 is 0 Å². The van der Waals surface area contributed by atoms with E-state index in [-0.39, 0.29) is 19.0 Å². The molecule has 0 amide bonds. The molecule has 7 heteroatoms. The van der Waals surface area contributed by atoms with Crippen LogP contribution in [0.5, 0.6) is 5.75 Å². The van der Waals surface area contributed by atoms with Gasteiger partial charge < -0.3 is 14.3 Å². The van der Waals surface area contributed by atoms with Crippen LogP contribution in [0.1, 0.15) is 11.1 Å². The Morgan fingerprint density at radius 1 is 1.23 bits per heavy atom. The first-order chi connectivity index (χ1) is 12.4. The molecule has 0 fully saturated rings. The van der Waals surface area contributed by atoms with E-state index in [1.165, 1.54) is 24.3 Å². The maximum absolute atomic E-state index is 13.0. The van der Waals surface area contributed by atoms with Crippen LogP contribution >= 0.6 is 0 Å². The fourth-order valence-electron chi connectivity index (χ4n) is 2.43. The number of ether oxygens (including phenoxy) is 1. The SMILES string of the molecule is Cc1ccc(C)c(OC[C@@H](O)Cn2nc(-c3ccc(F)cc3)oc2=O)c1. The molecule has 1 aromatic heterocycles. The number of nitrogens with zero attached hydrogens (tertiary/aromatic N) is 2. The molecule has 6 nitrogen and oxygen atoms in total. The Morgan fingerprint density at radius 2 is 1.96 bits per heavy atom. The zero-order valence-corrected chi connectivity index (χ0v) is 14.5. The molecule has 0 spiro atoms. The van der Waals surface area contributed by atoms with Gasteiger partial charge in [-0.05, 0) is 55.3 Å². The molecular formula is C19H19FN2O4. The number of aromatic nitrogens is 2. The van der Waals surface area contributed by atoms with Crippen LogP contribution in [-0.4, -0.2) is 27.6 Å². The number of aliphatic hydroxyl groups excluding tert-OH is 1. The van der Waals surface area contributed by atoms with Crippen molar-refractivity contribution < 1.29 is 18.7 Å². The van der Waals surface area contributed by atoms with Gasteiger partial charge in [0.05, 0.1) is 6.54 Å². The molecule has 0 unspecified atom stereocenters. The highest BCUT2D eigenvalue weighted by atomic mass is 19.1. The van der Waals surface area contributed by atoms with Gasteiger partial charge in [-0.3, -0.25) is 0 Å². The van der Waals surface area contributed by atoms with Crippen molar-refractivity contribution in [3.8, 4) is 17.2 Å². The molecule has 0 aliphatic carbocycles. The molecule has 26 heavy (non-hydrogen) atoms. The van der Waals surface area contributed by atoms with Gasteiger partial charge in [0.25, 0.3) is 0 Å². The highest BCUT2D eigenvalue weighted by molar-refractivity contribution is 5.51. The van der Waals surface area contributed by atoms with Crippen LogP contribution in [0.15, 0.2) is 51.7 Å². The van der Waals surface area contributed by atoms with Gasteiger partial charge >= 0.3 is 5.76 Å². The summed E-state index contributed by atoms with van der Waals surface area (Å²) in [6, 6.07) is 11.2. The summed E-state index contributed by atoms with van der Waals surface area (Å²) in [6.45, 7) is 3.80. The molecule has 0 radical (unpaired) electrons. The number of hydrogen-bond donors (Lipinski definition) is 1. The lowest BCUT2D eigenvalue weighted by atomic mass is 10.1. The third-order valence-corrected chi connectivity index (χ3v) is 3.86. The summed E-state index contributed by atoms with van der Waals surface area (Å²) in [5.74, 6) is -0.342. The van der Waals surface area contributed by atoms with Crippen LogP contribution in [0.25, 0.3) is 11.5 Å². The third kappa shape index (κ3) is 4.18. The lowest BCUT2D eigenvalue weighted by Gasteiger charge is -2.13. The molecule has 2 aromatic carbocycles. The topological polar surface area (TPSA) is 77.5 Å². The van der Waals surface area contributed by atoms with Gasteiger partial charge in [-0.25, -0.2) is 9.18 Å². The standard InChI is InChI=1S/C19H19FN2O4/c1-12-3-4-13(2)17(9-12)25-11-16(23)10-22-19(24)26-18(21-22)14-5-7-15(20)8-6-14/h3-9,16,23H,10-11H2,1-2H3/t16-/m0/s1. The lowest BCUT2D eigenvalue weighted by molar-refractivity contribution is 0.0872. The van der Waals surface area contributed by atoms with Crippen molar-refractivity contribution in [3.63, 3.8) is 0 Å². The average Bonchev–Trinajstić information content (AvgIpc) is 2.97. The fraction of sp³-hybridized carbons (Fsp3) is 0.263. The quantitative estimate of drug-likeness (QED) is 0.733. The summed E-state index contributed by atoms with van der Waals surface area (Å²) >= 11 is 0. The summed E-state index contributed by atoms with van der Waals surface area (Å²) < 4.78 is 24.7. The largest absolute Gasteiger partial charge is 0.491 e. The van der Waals surface area contributed by atoms with E-state index < -0.39 is 17.7 Å². The predicted molar refractivity (Wildman–Crippen MR) is 93.6 cm³/mol. The molecule has 3 rings (SSSR count). The normalized spacial score (nSPS) is 12.2. The van der Waals surface area contributed by atoms with Crippen LogP contribution in [0.4, 0.5) is 4.39 Å². The minimum Gasteiger partial charge on any atom is -0.491 e. The van der Waals surface area contributed by atoms with Crippen LogP contribution in [0, 0.1) is 19.7 Å². The second-order valence-corrected chi connectivity index (χ2v) is 6.10. The van der Waals surface area contributed by atoms with Crippen molar-refractivity contribution in [1.29, 1.82) is 0 Å². The highest BCUT2D eigenvalue weighted by Gasteiger charge is 2.15. The Labute approximate surface area is 149 Å². The molecular weight excluding hydrogens is 339 g/mol. The zero-order valence-electron chi connectivity index (χ0n) is 14.5. The summed E-state index contributed by atoms with van der Waals surface area (Å²) in [5, 5.41) is 14.2. The minimum absolute atomic E-state index is 0.00940. The van der Waals surface area contributed by atoms with Gasteiger partial charge in [0.15, 0.2) is 0 Å². The molecule has 0 saturated heterocycles. The van der Waals surface area contributed by atoms with E-state index in [0.717, 1.165) is 15.8 Å². The van der Waals surface area contributed by atoms with Crippen molar-refractivity contribution in [2.24, 2.45) is 0 Å². The summed E-state index contributed by atoms with van der Waals surface area (Å²) in [7, 11) is 0. The molecule has 1 atom stereocenters. The maximum atomic E-state index is 13.0. The van der Waals surface area contributed by atoms with Gasteiger partial charge in [-0.15, -0.1) is 5.10 Å². The highest BCUT2D eigenvalue weighted by Crippen LogP contribution is 2.19. The number of halogens is 1. The molecule has 0 bridgehead atoms. The molecule has 1 N–H and O–H groups in total. The van der Waals surface area contributed by atoms with E-state index in [1.807, 2.05) is 32.0 Å². The first-order valence-corrected chi connectivity index (χ1v) is 8.14. The van der Waals surface area contributed by atoms with Gasteiger partial charge in [0.2, 0.25) is 5.89 Å². The van der Waals surface area contributed by atoms with Gasteiger partial charge in [-0.2, -0.15) is 4.68 Å². The second-order valence-electron chi connectivity index (χ2n) is 6.10. The Hall–Kier alpha value is -2.93. The van der Waals surface area contributed by atoms with Gasteiger partial charge in [-0.1, -0.05) is 12.1 Å². The second kappa shape index (κ2) is 7.53. The molecule has 3 aromatic rings. The van der Waals surface area contributed by atoms with Crippen molar-refractivity contribution in [2.75, 3.05) is 6.61 Å².